The number of carbonyl (C=O) groups is 1. The average Bonchev–Trinajstić information content (AvgIpc) is 2.52. The van der Waals surface area contributed by atoms with Crippen LogP contribution in [0.5, 0.6) is 0 Å². The van der Waals surface area contributed by atoms with Crippen LogP contribution in [0.4, 0.5) is 23.7 Å². The molecule has 0 spiro atoms. The Balaban J connectivity index is 1.44. The van der Waals surface area contributed by atoms with Gasteiger partial charge in [-0.25, -0.2) is 4.79 Å². The molecule has 2 aliphatic rings. The first-order valence-electron chi connectivity index (χ1n) is 8.57. The van der Waals surface area contributed by atoms with Gasteiger partial charge in [0, 0.05) is 35.8 Å². The molecule has 0 unspecified atom stereocenters. The van der Waals surface area contributed by atoms with E-state index in [0.29, 0.717) is 30.9 Å². The molecule has 25 heavy (non-hydrogen) atoms. The zero-order valence-corrected chi connectivity index (χ0v) is 14.6. The van der Waals surface area contributed by atoms with E-state index in [9.17, 15) is 18.0 Å². The number of thioether (sulfide) groups is 1. The summed E-state index contributed by atoms with van der Waals surface area (Å²) in [7, 11) is 0. The van der Waals surface area contributed by atoms with Gasteiger partial charge >= 0.3 is 11.5 Å². The number of urea groups is 1. The summed E-state index contributed by atoms with van der Waals surface area (Å²) in [4.78, 5) is 14.2. The molecule has 0 bridgehead atoms. The van der Waals surface area contributed by atoms with Gasteiger partial charge in [0.1, 0.15) is 0 Å². The number of piperidine rings is 1. The first-order valence-corrected chi connectivity index (χ1v) is 9.38. The molecule has 4 nitrogen and oxygen atoms in total. The number of nitrogens with one attached hydrogen (secondary N) is 2. The number of halogens is 3. The van der Waals surface area contributed by atoms with Gasteiger partial charge in [-0.2, -0.15) is 13.2 Å². The van der Waals surface area contributed by atoms with Crippen LogP contribution in [0.2, 0.25) is 0 Å². The van der Waals surface area contributed by atoms with E-state index in [0.717, 1.165) is 12.8 Å². The maximum atomic E-state index is 12.3. The summed E-state index contributed by atoms with van der Waals surface area (Å²) in [6.45, 7) is 1.39. The van der Waals surface area contributed by atoms with Gasteiger partial charge in [0.15, 0.2) is 0 Å². The van der Waals surface area contributed by atoms with Crippen molar-refractivity contribution in [2.45, 2.75) is 54.6 Å². The Morgan fingerprint density at radius 2 is 1.64 bits per heavy atom. The molecule has 1 saturated heterocycles. The van der Waals surface area contributed by atoms with Gasteiger partial charge in [0.05, 0.1) is 0 Å². The van der Waals surface area contributed by atoms with Crippen LogP contribution in [-0.2, 0) is 0 Å². The van der Waals surface area contributed by atoms with Crippen molar-refractivity contribution in [1.82, 2.24) is 10.2 Å². The van der Waals surface area contributed by atoms with Crippen LogP contribution in [0.15, 0.2) is 29.2 Å². The van der Waals surface area contributed by atoms with Gasteiger partial charge in [-0.15, -0.1) is 0 Å². The van der Waals surface area contributed by atoms with Crippen molar-refractivity contribution >= 4 is 23.5 Å². The normalized spacial score (nSPS) is 19.6. The van der Waals surface area contributed by atoms with Gasteiger partial charge < -0.3 is 15.5 Å². The summed E-state index contributed by atoms with van der Waals surface area (Å²) < 4.78 is 36.9. The Hall–Kier alpha value is -1.41. The Morgan fingerprint density at radius 1 is 1.04 bits per heavy atom. The van der Waals surface area contributed by atoms with Crippen molar-refractivity contribution < 1.29 is 18.0 Å². The maximum absolute atomic E-state index is 12.3. The summed E-state index contributed by atoms with van der Waals surface area (Å²) in [5.41, 5.74) is -3.80. The highest BCUT2D eigenvalue weighted by molar-refractivity contribution is 8.00. The van der Waals surface area contributed by atoms with Crippen LogP contribution in [0.3, 0.4) is 0 Å². The van der Waals surface area contributed by atoms with Crippen LogP contribution in [-0.4, -0.2) is 41.6 Å². The van der Waals surface area contributed by atoms with Gasteiger partial charge in [-0.3, -0.25) is 0 Å². The van der Waals surface area contributed by atoms with E-state index < -0.39 is 5.51 Å². The molecule has 0 aromatic heterocycles. The lowest BCUT2D eigenvalue weighted by molar-refractivity contribution is -0.0328. The van der Waals surface area contributed by atoms with Crippen molar-refractivity contribution in [2.75, 3.05) is 18.4 Å². The molecule has 3 rings (SSSR count). The monoisotopic (exact) mass is 373 g/mol. The third kappa shape index (κ3) is 5.54. The summed E-state index contributed by atoms with van der Waals surface area (Å²) >= 11 is -0.162. The standard InChI is InChI=1S/C17H22F3N3OS/c18-17(19,20)25-15-6-4-13(5-7-15)22-16(24)23-10-8-14(9-11-23)21-12-2-1-3-12/h4-7,12,14,21H,1-3,8-11H2,(H,22,24). The van der Waals surface area contributed by atoms with Crippen molar-refractivity contribution in [3.05, 3.63) is 24.3 Å². The molecule has 1 saturated carbocycles. The number of amides is 2. The third-order valence-corrected chi connectivity index (χ3v) is 5.44. The van der Waals surface area contributed by atoms with Gasteiger partial charge in [-0.05, 0) is 61.7 Å². The average molecular weight is 373 g/mol. The fourth-order valence-electron chi connectivity index (χ4n) is 3.10. The largest absolute Gasteiger partial charge is 0.446 e. The molecule has 2 N–H and O–H groups in total. The summed E-state index contributed by atoms with van der Waals surface area (Å²) in [5, 5.41) is 6.39. The van der Waals surface area contributed by atoms with Gasteiger partial charge in [0.25, 0.3) is 0 Å². The predicted molar refractivity (Wildman–Crippen MR) is 92.7 cm³/mol. The second kappa shape index (κ2) is 7.86. The molecule has 1 aromatic rings. The quantitative estimate of drug-likeness (QED) is 0.767. The second-order valence-electron chi connectivity index (χ2n) is 6.56. The van der Waals surface area contributed by atoms with Crippen LogP contribution in [0, 0.1) is 0 Å². The Morgan fingerprint density at radius 3 is 2.16 bits per heavy atom. The number of carbonyl (C=O) groups excluding carboxylic acids is 1. The van der Waals surface area contributed by atoms with Crippen molar-refractivity contribution in [3.8, 4) is 0 Å². The lowest BCUT2D eigenvalue weighted by Crippen LogP contribution is -2.50. The zero-order valence-electron chi connectivity index (χ0n) is 13.8. The van der Waals surface area contributed by atoms with Gasteiger partial charge in [-0.1, -0.05) is 6.42 Å². The summed E-state index contributed by atoms with van der Waals surface area (Å²) in [6, 6.07) is 6.66. The lowest BCUT2D eigenvalue weighted by Gasteiger charge is -2.37. The molecule has 2 amide bonds. The number of rotatable bonds is 4. The Kier molecular flexibility index (Phi) is 5.78. The molecule has 0 radical (unpaired) electrons. The predicted octanol–water partition coefficient (Wildman–Crippen LogP) is 4.44. The maximum Gasteiger partial charge on any atom is 0.446 e. The number of nitrogens with zero attached hydrogens (tertiary/aromatic N) is 1. The number of hydrogen-bond acceptors (Lipinski definition) is 3. The Labute approximate surface area is 149 Å². The molecule has 0 atom stereocenters. The highest BCUT2D eigenvalue weighted by Crippen LogP contribution is 2.37. The summed E-state index contributed by atoms with van der Waals surface area (Å²) in [5.74, 6) is 0. The number of anilines is 1. The van der Waals surface area contributed by atoms with Crippen LogP contribution < -0.4 is 10.6 Å². The number of hydrogen-bond donors (Lipinski definition) is 2. The van der Waals surface area contributed by atoms with Gasteiger partial charge in [0.2, 0.25) is 0 Å². The zero-order chi connectivity index (χ0) is 17.9. The fourth-order valence-corrected chi connectivity index (χ4v) is 3.64. The molecule has 8 heteroatoms. The van der Waals surface area contributed by atoms with E-state index >= 15 is 0 Å². The topological polar surface area (TPSA) is 44.4 Å². The van der Waals surface area contributed by atoms with E-state index in [1.807, 2.05) is 0 Å². The summed E-state index contributed by atoms with van der Waals surface area (Å²) in [6.07, 6.45) is 5.68. The minimum absolute atomic E-state index is 0.105. The Bertz CT molecular complexity index is 582. The lowest BCUT2D eigenvalue weighted by atomic mass is 9.91. The van der Waals surface area contributed by atoms with Crippen molar-refractivity contribution in [2.24, 2.45) is 0 Å². The highest BCUT2D eigenvalue weighted by Gasteiger charge is 2.29. The number of benzene rings is 1. The minimum Gasteiger partial charge on any atom is -0.324 e. The highest BCUT2D eigenvalue weighted by atomic mass is 32.2. The molecule has 1 aliphatic heterocycles. The molecule has 2 fully saturated rings. The first-order chi connectivity index (χ1) is 11.9. The smallest absolute Gasteiger partial charge is 0.324 e. The fraction of sp³-hybridized carbons (Fsp3) is 0.588. The van der Waals surface area contributed by atoms with Crippen LogP contribution >= 0.6 is 11.8 Å². The number of likely N-dealkylation sites (tertiary alicyclic amines) is 1. The third-order valence-electron chi connectivity index (χ3n) is 4.70. The van der Waals surface area contributed by atoms with Crippen LogP contribution in [0.25, 0.3) is 0 Å². The van der Waals surface area contributed by atoms with E-state index in [4.69, 9.17) is 0 Å². The molecular weight excluding hydrogens is 351 g/mol. The van der Waals surface area contributed by atoms with E-state index in [1.54, 1.807) is 4.90 Å². The first kappa shape index (κ1) is 18.4. The molecular formula is C17H22F3N3OS. The van der Waals surface area contributed by atoms with Crippen molar-refractivity contribution in [3.63, 3.8) is 0 Å². The minimum atomic E-state index is -4.30. The molecule has 138 valence electrons. The van der Waals surface area contributed by atoms with E-state index in [-0.39, 0.29) is 22.7 Å². The van der Waals surface area contributed by atoms with E-state index in [2.05, 4.69) is 10.6 Å². The number of alkyl halides is 3. The van der Waals surface area contributed by atoms with E-state index in [1.165, 1.54) is 43.5 Å². The van der Waals surface area contributed by atoms with Crippen LogP contribution in [0.1, 0.15) is 32.1 Å². The molecule has 1 aliphatic carbocycles. The second-order valence-corrected chi connectivity index (χ2v) is 7.70. The molecule has 1 aromatic carbocycles. The van der Waals surface area contributed by atoms with Crippen molar-refractivity contribution in [1.29, 1.82) is 0 Å². The molecule has 1 heterocycles. The SMILES string of the molecule is O=C(Nc1ccc(SC(F)(F)F)cc1)N1CCC(NC2CCC2)CC1.